The molecule has 25 heavy (non-hydrogen) atoms. The van der Waals surface area contributed by atoms with Crippen molar-refractivity contribution < 1.29 is 14.6 Å². The van der Waals surface area contributed by atoms with Crippen molar-refractivity contribution in [1.29, 1.82) is 0 Å². The quantitative estimate of drug-likeness (QED) is 0.849. The number of thiazole rings is 1. The van der Waals surface area contributed by atoms with E-state index in [1.807, 2.05) is 5.38 Å². The van der Waals surface area contributed by atoms with Crippen molar-refractivity contribution in [2.45, 2.75) is 32.6 Å². The Morgan fingerprint density at radius 1 is 1.44 bits per heavy atom. The van der Waals surface area contributed by atoms with Gasteiger partial charge in [0, 0.05) is 30.0 Å². The van der Waals surface area contributed by atoms with Gasteiger partial charge in [0.25, 0.3) is 5.91 Å². The van der Waals surface area contributed by atoms with Crippen molar-refractivity contribution in [2.75, 3.05) is 18.4 Å². The second-order valence-electron chi connectivity index (χ2n) is 6.21. The van der Waals surface area contributed by atoms with Crippen LogP contribution in [0.25, 0.3) is 0 Å². The predicted molar refractivity (Wildman–Crippen MR) is 98.5 cm³/mol. The molecular weight excluding hydrogens is 362 g/mol. The number of phenolic OH excluding ortho intramolecular Hbond substituents is 1. The normalized spacial score (nSPS) is 21.2. The Morgan fingerprint density at radius 3 is 2.88 bits per heavy atom. The SMILES string of the molecule is C[C@@H]1CN(Cc2csc(NC(=O)c3cc(Cl)ccc3O)n2)C[C@@H](C)O1. The molecule has 0 unspecified atom stereocenters. The van der Waals surface area contributed by atoms with E-state index in [9.17, 15) is 9.90 Å². The average molecular weight is 382 g/mol. The number of nitrogens with one attached hydrogen (secondary N) is 1. The van der Waals surface area contributed by atoms with Gasteiger partial charge in [0.1, 0.15) is 5.75 Å². The molecule has 2 atom stereocenters. The number of rotatable bonds is 4. The van der Waals surface area contributed by atoms with Crippen LogP contribution in [0, 0.1) is 0 Å². The molecular formula is C17H20ClN3O3S. The lowest BCUT2D eigenvalue weighted by Crippen LogP contribution is -2.44. The number of aromatic hydroxyl groups is 1. The van der Waals surface area contributed by atoms with E-state index in [0.717, 1.165) is 18.8 Å². The summed E-state index contributed by atoms with van der Waals surface area (Å²) in [5.74, 6) is -0.551. The van der Waals surface area contributed by atoms with E-state index >= 15 is 0 Å². The van der Waals surface area contributed by atoms with Gasteiger partial charge in [-0.2, -0.15) is 0 Å². The molecule has 1 aromatic carbocycles. The highest BCUT2D eigenvalue weighted by Crippen LogP contribution is 2.24. The Kier molecular flexibility index (Phi) is 5.58. The molecule has 0 bridgehead atoms. The fourth-order valence-corrected chi connectivity index (χ4v) is 3.80. The minimum Gasteiger partial charge on any atom is -0.507 e. The van der Waals surface area contributed by atoms with Gasteiger partial charge in [-0.25, -0.2) is 4.98 Å². The first-order valence-corrected chi connectivity index (χ1v) is 9.28. The molecule has 0 radical (unpaired) electrons. The topological polar surface area (TPSA) is 74.7 Å². The van der Waals surface area contributed by atoms with Crippen LogP contribution in [0.15, 0.2) is 23.6 Å². The molecule has 134 valence electrons. The van der Waals surface area contributed by atoms with Gasteiger partial charge in [0.2, 0.25) is 0 Å². The van der Waals surface area contributed by atoms with Crippen LogP contribution in [-0.2, 0) is 11.3 Å². The highest BCUT2D eigenvalue weighted by atomic mass is 35.5. The predicted octanol–water partition coefficient (Wildman–Crippen LogP) is 3.36. The summed E-state index contributed by atoms with van der Waals surface area (Å²) in [4.78, 5) is 19.0. The van der Waals surface area contributed by atoms with Crippen molar-refractivity contribution in [2.24, 2.45) is 0 Å². The maximum Gasteiger partial charge on any atom is 0.261 e. The summed E-state index contributed by atoms with van der Waals surface area (Å²) in [6.07, 6.45) is 0.403. The lowest BCUT2D eigenvalue weighted by atomic mass is 10.2. The van der Waals surface area contributed by atoms with Crippen molar-refractivity contribution in [1.82, 2.24) is 9.88 Å². The van der Waals surface area contributed by atoms with Crippen molar-refractivity contribution in [3.63, 3.8) is 0 Å². The minimum absolute atomic E-state index is 0.116. The number of aromatic nitrogens is 1. The third-order valence-electron chi connectivity index (χ3n) is 3.86. The number of hydrogen-bond acceptors (Lipinski definition) is 6. The van der Waals surface area contributed by atoms with Gasteiger partial charge in [-0.05, 0) is 32.0 Å². The number of ether oxygens (including phenoxy) is 1. The second kappa shape index (κ2) is 7.70. The third kappa shape index (κ3) is 4.70. The standard InChI is InChI=1S/C17H20ClN3O3S/c1-10-6-21(7-11(2)24-10)8-13-9-25-17(19-13)20-16(23)14-5-12(18)3-4-15(14)22/h3-5,9-11,22H,6-8H2,1-2H3,(H,19,20,23)/t10-,11-/m1/s1. The molecule has 6 nitrogen and oxygen atoms in total. The molecule has 1 aromatic heterocycles. The van der Waals surface area contributed by atoms with Crippen molar-refractivity contribution in [3.05, 3.63) is 39.9 Å². The summed E-state index contributed by atoms with van der Waals surface area (Å²) in [7, 11) is 0. The van der Waals surface area contributed by atoms with E-state index in [2.05, 4.69) is 29.0 Å². The molecule has 2 N–H and O–H groups in total. The number of phenols is 1. The van der Waals surface area contributed by atoms with E-state index in [-0.39, 0.29) is 23.5 Å². The van der Waals surface area contributed by atoms with Crippen molar-refractivity contribution in [3.8, 4) is 5.75 Å². The number of carbonyl (C=O) groups is 1. The Balaban J connectivity index is 1.63. The highest BCUT2D eigenvalue weighted by Gasteiger charge is 2.23. The lowest BCUT2D eigenvalue weighted by molar-refractivity contribution is -0.0707. The molecule has 1 amide bonds. The van der Waals surface area contributed by atoms with E-state index < -0.39 is 5.91 Å². The molecule has 0 saturated carbocycles. The number of carbonyl (C=O) groups excluding carboxylic acids is 1. The first kappa shape index (κ1) is 18.1. The van der Waals surface area contributed by atoms with E-state index in [0.29, 0.717) is 16.7 Å². The first-order valence-electron chi connectivity index (χ1n) is 8.03. The van der Waals surface area contributed by atoms with Gasteiger partial charge in [0.05, 0.1) is 23.5 Å². The van der Waals surface area contributed by atoms with E-state index in [1.165, 1.54) is 29.5 Å². The van der Waals surface area contributed by atoms with Gasteiger partial charge in [0.15, 0.2) is 5.13 Å². The molecule has 1 aliphatic heterocycles. The fourth-order valence-electron chi connectivity index (χ4n) is 2.93. The number of hydrogen-bond donors (Lipinski definition) is 2. The van der Waals surface area contributed by atoms with Crippen LogP contribution in [0.5, 0.6) is 5.75 Å². The first-order chi connectivity index (χ1) is 11.9. The van der Waals surface area contributed by atoms with Crippen LogP contribution in [-0.4, -0.2) is 46.2 Å². The van der Waals surface area contributed by atoms with Gasteiger partial charge in [-0.15, -0.1) is 11.3 Å². The largest absolute Gasteiger partial charge is 0.507 e. The summed E-state index contributed by atoms with van der Waals surface area (Å²) in [5, 5.41) is 15.3. The van der Waals surface area contributed by atoms with E-state index in [1.54, 1.807) is 0 Å². The molecule has 1 saturated heterocycles. The summed E-state index contributed by atoms with van der Waals surface area (Å²) < 4.78 is 5.73. The van der Waals surface area contributed by atoms with Crippen molar-refractivity contribution >= 4 is 34.0 Å². The monoisotopic (exact) mass is 381 g/mol. The summed E-state index contributed by atoms with van der Waals surface area (Å²) in [6, 6.07) is 4.35. The van der Waals surface area contributed by atoms with Crippen LogP contribution in [0.3, 0.4) is 0 Å². The molecule has 8 heteroatoms. The Hall–Kier alpha value is -1.67. The molecule has 2 heterocycles. The number of amides is 1. The third-order valence-corrected chi connectivity index (χ3v) is 4.90. The number of morpholine rings is 1. The molecule has 1 fully saturated rings. The number of benzene rings is 1. The zero-order valence-electron chi connectivity index (χ0n) is 14.0. The zero-order valence-corrected chi connectivity index (χ0v) is 15.6. The summed E-state index contributed by atoms with van der Waals surface area (Å²) in [6.45, 7) is 6.56. The number of nitrogens with zero attached hydrogens (tertiary/aromatic N) is 2. The van der Waals surface area contributed by atoms with E-state index in [4.69, 9.17) is 16.3 Å². The van der Waals surface area contributed by atoms with Gasteiger partial charge in [-0.3, -0.25) is 15.0 Å². The zero-order chi connectivity index (χ0) is 18.0. The second-order valence-corrected chi connectivity index (χ2v) is 7.51. The minimum atomic E-state index is -0.436. The molecule has 1 aliphatic rings. The van der Waals surface area contributed by atoms with Crippen LogP contribution in [0.1, 0.15) is 29.9 Å². The fraction of sp³-hybridized carbons (Fsp3) is 0.412. The summed E-state index contributed by atoms with van der Waals surface area (Å²) >= 11 is 7.24. The Labute approximate surface area is 155 Å². The Morgan fingerprint density at radius 2 is 2.16 bits per heavy atom. The van der Waals surface area contributed by atoms with Crippen LogP contribution in [0.2, 0.25) is 5.02 Å². The van der Waals surface area contributed by atoms with Crippen LogP contribution >= 0.6 is 22.9 Å². The molecule has 0 aliphatic carbocycles. The Bertz CT molecular complexity index is 757. The van der Waals surface area contributed by atoms with Crippen LogP contribution in [0.4, 0.5) is 5.13 Å². The molecule has 0 spiro atoms. The van der Waals surface area contributed by atoms with Gasteiger partial charge < -0.3 is 9.84 Å². The van der Waals surface area contributed by atoms with Gasteiger partial charge in [-0.1, -0.05) is 11.6 Å². The maximum absolute atomic E-state index is 12.3. The smallest absolute Gasteiger partial charge is 0.261 e. The summed E-state index contributed by atoms with van der Waals surface area (Å²) in [5.41, 5.74) is 1.02. The average Bonchev–Trinajstić information content (AvgIpc) is 2.95. The maximum atomic E-state index is 12.3. The molecule has 2 aromatic rings. The van der Waals surface area contributed by atoms with Crippen LogP contribution < -0.4 is 5.32 Å². The lowest BCUT2D eigenvalue weighted by Gasteiger charge is -2.34. The van der Waals surface area contributed by atoms with Gasteiger partial charge >= 0.3 is 0 Å². The number of halogens is 1. The number of anilines is 1. The highest BCUT2D eigenvalue weighted by molar-refractivity contribution is 7.14. The molecule has 3 rings (SSSR count).